The van der Waals surface area contributed by atoms with Gasteiger partial charge in [-0.25, -0.2) is 4.98 Å². The molecule has 1 aromatic rings. The van der Waals surface area contributed by atoms with E-state index in [9.17, 15) is 0 Å². The minimum Gasteiger partial charge on any atom is -0.376 e. The fourth-order valence-corrected chi connectivity index (χ4v) is 1.99. The molecule has 0 amide bonds. The Morgan fingerprint density at radius 3 is 3.11 bits per heavy atom. The minimum absolute atomic E-state index is 0.368. The first kappa shape index (κ1) is 12.8. The number of pyridine rings is 1. The fourth-order valence-electron chi connectivity index (χ4n) is 1.99. The summed E-state index contributed by atoms with van der Waals surface area (Å²) in [6.45, 7) is 3.40. The van der Waals surface area contributed by atoms with E-state index in [1.165, 1.54) is 0 Å². The van der Waals surface area contributed by atoms with Crippen molar-refractivity contribution >= 4 is 5.82 Å². The van der Waals surface area contributed by atoms with Gasteiger partial charge in [0.25, 0.3) is 0 Å². The van der Waals surface area contributed by atoms with E-state index in [1.54, 1.807) is 18.3 Å². The van der Waals surface area contributed by atoms with Crippen molar-refractivity contribution in [3.63, 3.8) is 0 Å². The highest BCUT2D eigenvalue weighted by Gasteiger charge is 2.12. The van der Waals surface area contributed by atoms with E-state index in [2.05, 4.69) is 21.7 Å². The predicted octanol–water partition coefficient (Wildman–Crippen LogP) is 1.13. The number of piperidine rings is 1. The van der Waals surface area contributed by atoms with E-state index in [0.717, 1.165) is 25.9 Å². The van der Waals surface area contributed by atoms with E-state index in [1.807, 2.05) is 0 Å². The molecule has 2 rings (SSSR count). The second kappa shape index (κ2) is 6.94. The molecule has 0 saturated carbocycles. The van der Waals surface area contributed by atoms with E-state index in [-0.39, 0.29) is 0 Å². The first-order chi connectivity index (χ1) is 8.90. The van der Waals surface area contributed by atoms with Gasteiger partial charge in [0.2, 0.25) is 0 Å². The normalized spacial score (nSPS) is 16.2. The fraction of sp³-hybridized carbons (Fsp3) is 0.538. The lowest BCUT2D eigenvalue weighted by atomic mass is 10.1. The molecule has 2 N–H and O–H groups in total. The maximum atomic E-state index is 8.91. The van der Waals surface area contributed by atoms with Crippen molar-refractivity contribution in [3.8, 4) is 6.07 Å². The van der Waals surface area contributed by atoms with Crippen LogP contribution in [0.5, 0.6) is 0 Å². The number of hydrogen-bond acceptors (Lipinski definition) is 5. The summed E-state index contributed by atoms with van der Waals surface area (Å²) in [5.41, 5.74) is 0.569. The summed E-state index contributed by atoms with van der Waals surface area (Å²) in [4.78, 5) is 4.13. The Labute approximate surface area is 107 Å². The van der Waals surface area contributed by atoms with Gasteiger partial charge in [0.15, 0.2) is 0 Å². The minimum atomic E-state index is 0.368. The first-order valence-corrected chi connectivity index (χ1v) is 6.31. The number of rotatable bonds is 5. The molecule has 1 fully saturated rings. The molecule has 1 aliphatic heterocycles. The highest BCUT2D eigenvalue weighted by atomic mass is 16.5. The number of ether oxygens (including phenoxy) is 1. The molecule has 96 valence electrons. The van der Waals surface area contributed by atoms with Crippen LogP contribution >= 0.6 is 0 Å². The third-order valence-corrected chi connectivity index (χ3v) is 2.96. The van der Waals surface area contributed by atoms with Gasteiger partial charge in [0, 0.05) is 12.7 Å². The summed E-state index contributed by atoms with van der Waals surface area (Å²) in [5, 5.41) is 15.3. The maximum Gasteiger partial charge on any atom is 0.143 e. The Bertz CT molecular complexity index is 410. The van der Waals surface area contributed by atoms with Crippen molar-refractivity contribution in [1.82, 2.24) is 10.3 Å². The van der Waals surface area contributed by atoms with Crippen LogP contribution in [0.15, 0.2) is 18.3 Å². The van der Waals surface area contributed by atoms with Crippen molar-refractivity contribution in [3.05, 3.63) is 23.9 Å². The van der Waals surface area contributed by atoms with Gasteiger partial charge >= 0.3 is 0 Å². The Kier molecular flexibility index (Phi) is 4.94. The number of nitrogens with zero attached hydrogens (tertiary/aromatic N) is 2. The average molecular weight is 246 g/mol. The van der Waals surface area contributed by atoms with Crippen LogP contribution in [0.2, 0.25) is 0 Å². The molecular formula is C13H18N4O. The van der Waals surface area contributed by atoms with Crippen LogP contribution in [0.1, 0.15) is 18.4 Å². The van der Waals surface area contributed by atoms with E-state index in [0.29, 0.717) is 30.6 Å². The van der Waals surface area contributed by atoms with Gasteiger partial charge in [-0.15, -0.1) is 0 Å². The second-order valence-electron chi connectivity index (χ2n) is 4.26. The van der Waals surface area contributed by atoms with E-state index in [4.69, 9.17) is 10.00 Å². The van der Waals surface area contributed by atoms with Crippen LogP contribution in [-0.4, -0.2) is 37.3 Å². The molecule has 5 heteroatoms. The van der Waals surface area contributed by atoms with Crippen LogP contribution in [0.25, 0.3) is 0 Å². The molecule has 1 aromatic heterocycles. The van der Waals surface area contributed by atoms with Crippen LogP contribution in [0.4, 0.5) is 5.82 Å². The summed E-state index contributed by atoms with van der Waals surface area (Å²) < 4.78 is 5.76. The molecule has 2 heterocycles. The zero-order valence-corrected chi connectivity index (χ0v) is 10.4. The zero-order valence-electron chi connectivity index (χ0n) is 10.4. The molecule has 0 atom stereocenters. The van der Waals surface area contributed by atoms with Crippen LogP contribution in [-0.2, 0) is 4.74 Å². The highest BCUT2D eigenvalue weighted by molar-refractivity contribution is 5.50. The summed E-state index contributed by atoms with van der Waals surface area (Å²) in [5.74, 6) is 0.633. The monoisotopic (exact) mass is 246 g/mol. The van der Waals surface area contributed by atoms with Gasteiger partial charge in [-0.05, 0) is 38.1 Å². The summed E-state index contributed by atoms with van der Waals surface area (Å²) in [7, 11) is 0. The Hall–Kier alpha value is -1.64. The Balaban J connectivity index is 1.70. The third-order valence-electron chi connectivity index (χ3n) is 2.96. The van der Waals surface area contributed by atoms with Crippen molar-refractivity contribution in [1.29, 1.82) is 5.26 Å². The molecule has 1 aliphatic rings. The zero-order chi connectivity index (χ0) is 12.6. The SMILES string of the molecule is N#Cc1cccnc1NCCOC1CCNCC1. The summed E-state index contributed by atoms with van der Waals surface area (Å²) >= 11 is 0. The van der Waals surface area contributed by atoms with Gasteiger partial charge in [-0.1, -0.05) is 0 Å². The second-order valence-corrected chi connectivity index (χ2v) is 4.26. The molecule has 0 bridgehead atoms. The van der Waals surface area contributed by atoms with Crippen molar-refractivity contribution in [2.45, 2.75) is 18.9 Å². The van der Waals surface area contributed by atoms with Crippen molar-refractivity contribution < 1.29 is 4.74 Å². The van der Waals surface area contributed by atoms with Crippen LogP contribution < -0.4 is 10.6 Å². The molecule has 0 aromatic carbocycles. The molecular weight excluding hydrogens is 228 g/mol. The summed E-state index contributed by atoms with van der Waals surface area (Å²) in [6.07, 6.45) is 4.20. The van der Waals surface area contributed by atoms with E-state index >= 15 is 0 Å². The van der Waals surface area contributed by atoms with Crippen LogP contribution in [0.3, 0.4) is 0 Å². The average Bonchev–Trinajstić information content (AvgIpc) is 2.45. The Morgan fingerprint density at radius 2 is 2.33 bits per heavy atom. The molecule has 0 unspecified atom stereocenters. The highest BCUT2D eigenvalue weighted by Crippen LogP contribution is 2.10. The van der Waals surface area contributed by atoms with Crippen molar-refractivity contribution in [2.75, 3.05) is 31.6 Å². The topological polar surface area (TPSA) is 70.0 Å². The number of hydrogen-bond donors (Lipinski definition) is 2. The lowest BCUT2D eigenvalue weighted by molar-refractivity contribution is 0.0394. The molecule has 18 heavy (non-hydrogen) atoms. The smallest absolute Gasteiger partial charge is 0.143 e. The largest absolute Gasteiger partial charge is 0.376 e. The Morgan fingerprint density at radius 1 is 1.50 bits per heavy atom. The van der Waals surface area contributed by atoms with Crippen molar-refractivity contribution in [2.24, 2.45) is 0 Å². The lowest BCUT2D eigenvalue weighted by Crippen LogP contribution is -2.33. The van der Waals surface area contributed by atoms with Gasteiger partial charge < -0.3 is 15.4 Å². The van der Waals surface area contributed by atoms with Crippen LogP contribution in [0, 0.1) is 11.3 Å². The van der Waals surface area contributed by atoms with Gasteiger partial charge in [-0.3, -0.25) is 0 Å². The molecule has 5 nitrogen and oxygen atoms in total. The predicted molar refractivity (Wildman–Crippen MR) is 69.3 cm³/mol. The number of aromatic nitrogens is 1. The van der Waals surface area contributed by atoms with Gasteiger partial charge in [-0.2, -0.15) is 5.26 Å². The van der Waals surface area contributed by atoms with Gasteiger partial charge in [0.05, 0.1) is 18.3 Å². The quantitative estimate of drug-likeness (QED) is 0.762. The number of anilines is 1. The lowest BCUT2D eigenvalue weighted by Gasteiger charge is -2.23. The maximum absolute atomic E-state index is 8.91. The number of nitrogens with one attached hydrogen (secondary N) is 2. The molecule has 0 spiro atoms. The van der Waals surface area contributed by atoms with E-state index < -0.39 is 0 Å². The molecule has 0 aliphatic carbocycles. The standard InChI is InChI=1S/C13H18N4O/c14-10-11-2-1-5-16-13(11)17-8-9-18-12-3-6-15-7-4-12/h1-2,5,12,15H,3-4,6-9H2,(H,16,17). The summed E-state index contributed by atoms with van der Waals surface area (Å²) in [6, 6.07) is 5.62. The first-order valence-electron chi connectivity index (χ1n) is 6.31. The molecule has 1 saturated heterocycles. The molecule has 0 radical (unpaired) electrons. The van der Waals surface area contributed by atoms with Gasteiger partial charge in [0.1, 0.15) is 11.9 Å². The number of nitriles is 1. The third kappa shape index (κ3) is 3.69.